The molecule has 7 heteroatoms. The van der Waals surface area contributed by atoms with Crippen LogP contribution in [0, 0.1) is 0 Å². The molecule has 0 saturated carbocycles. The highest BCUT2D eigenvalue weighted by atomic mass is 16.5. The molecule has 29 heavy (non-hydrogen) atoms. The van der Waals surface area contributed by atoms with Gasteiger partial charge in [-0.1, -0.05) is 12.1 Å². The van der Waals surface area contributed by atoms with Crippen LogP contribution in [0.4, 0.5) is 5.69 Å². The lowest BCUT2D eigenvalue weighted by atomic mass is 9.90. The summed E-state index contributed by atoms with van der Waals surface area (Å²) in [4.78, 5) is 20.7. The molecule has 4 heterocycles. The SMILES string of the molecule is CC(=O)OCc1ccc(CN2CCC3(CC2)Nc2ccccc2C2=NCCN23)o1. The monoisotopic (exact) mass is 394 g/mol. The minimum atomic E-state index is -0.296. The summed E-state index contributed by atoms with van der Waals surface area (Å²) in [5.74, 6) is 2.45. The smallest absolute Gasteiger partial charge is 0.303 e. The van der Waals surface area contributed by atoms with E-state index in [-0.39, 0.29) is 18.2 Å². The highest BCUT2D eigenvalue weighted by Crippen LogP contribution is 2.39. The molecule has 1 aromatic carbocycles. The van der Waals surface area contributed by atoms with E-state index in [1.807, 2.05) is 12.1 Å². The molecule has 0 bridgehead atoms. The van der Waals surface area contributed by atoms with Crippen LogP contribution in [0.5, 0.6) is 0 Å². The van der Waals surface area contributed by atoms with Crippen molar-refractivity contribution in [3.8, 4) is 0 Å². The van der Waals surface area contributed by atoms with Crippen LogP contribution in [0.25, 0.3) is 0 Å². The molecule has 1 spiro atoms. The predicted octanol–water partition coefficient (Wildman–Crippen LogP) is 2.82. The molecule has 0 radical (unpaired) electrons. The number of nitrogens with zero attached hydrogens (tertiary/aromatic N) is 3. The molecule has 0 aliphatic carbocycles. The lowest BCUT2D eigenvalue weighted by Gasteiger charge is -2.52. The average Bonchev–Trinajstić information content (AvgIpc) is 3.39. The number of ether oxygens (including phenoxy) is 1. The number of carbonyl (C=O) groups excluding carboxylic acids is 1. The molecule has 7 nitrogen and oxygen atoms in total. The van der Waals surface area contributed by atoms with Gasteiger partial charge in [-0.25, -0.2) is 0 Å². The quantitative estimate of drug-likeness (QED) is 0.805. The first-order valence-electron chi connectivity index (χ1n) is 10.3. The van der Waals surface area contributed by atoms with E-state index in [0.29, 0.717) is 5.76 Å². The van der Waals surface area contributed by atoms with E-state index in [0.717, 1.165) is 57.2 Å². The molecular weight excluding hydrogens is 368 g/mol. The largest absolute Gasteiger partial charge is 0.461 e. The Morgan fingerprint density at radius 2 is 1.97 bits per heavy atom. The van der Waals surface area contributed by atoms with Crippen molar-refractivity contribution < 1.29 is 13.9 Å². The maximum atomic E-state index is 11.0. The number of hydrogen-bond acceptors (Lipinski definition) is 7. The zero-order valence-electron chi connectivity index (χ0n) is 16.7. The minimum absolute atomic E-state index is 0.0517. The van der Waals surface area contributed by atoms with Gasteiger partial charge in [-0.05, 0) is 24.3 Å². The highest BCUT2D eigenvalue weighted by Gasteiger charge is 2.46. The minimum Gasteiger partial charge on any atom is -0.461 e. The van der Waals surface area contributed by atoms with E-state index >= 15 is 0 Å². The lowest BCUT2D eigenvalue weighted by molar-refractivity contribution is -0.142. The van der Waals surface area contributed by atoms with Crippen LogP contribution in [-0.2, 0) is 22.7 Å². The van der Waals surface area contributed by atoms with Gasteiger partial charge in [-0.2, -0.15) is 0 Å². The van der Waals surface area contributed by atoms with Gasteiger partial charge in [0.2, 0.25) is 0 Å². The van der Waals surface area contributed by atoms with E-state index in [1.165, 1.54) is 18.2 Å². The number of benzene rings is 1. The summed E-state index contributed by atoms with van der Waals surface area (Å²) in [5.41, 5.74) is 2.36. The van der Waals surface area contributed by atoms with Crippen molar-refractivity contribution in [1.82, 2.24) is 9.80 Å². The number of anilines is 1. The van der Waals surface area contributed by atoms with Gasteiger partial charge in [0.05, 0.1) is 13.1 Å². The van der Waals surface area contributed by atoms with Crippen LogP contribution in [0.3, 0.4) is 0 Å². The Balaban J connectivity index is 1.25. The summed E-state index contributed by atoms with van der Waals surface area (Å²) in [6.45, 7) is 6.19. The fourth-order valence-corrected chi connectivity index (χ4v) is 4.65. The van der Waals surface area contributed by atoms with Gasteiger partial charge in [-0.15, -0.1) is 0 Å². The third-order valence-electron chi connectivity index (χ3n) is 6.09. The number of amidine groups is 1. The van der Waals surface area contributed by atoms with Crippen LogP contribution in [0.1, 0.15) is 36.8 Å². The number of para-hydroxylation sites is 1. The van der Waals surface area contributed by atoms with Gasteiger partial charge in [0, 0.05) is 50.7 Å². The summed E-state index contributed by atoms with van der Waals surface area (Å²) >= 11 is 0. The molecule has 1 saturated heterocycles. The Kier molecular flexibility index (Phi) is 4.54. The number of hydrogen-bond donors (Lipinski definition) is 1. The highest BCUT2D eigenvalue weighted by molar-refractivity contribution is 6.06. The first-order chi connectivity index (χ1) is 14.1. The van der Waals surface area contributed by atoms with E-state index in [1.54, 1.807) is 0 Å². The van der Waals surface area contributed by atoms with E-state index in [2.05, 4.69) is 39.4 Å². The molecule has 0 unspecified atom stereocenters. The number of rotatable bonds is 4. The molecule has 3 aliphatic heterocycles. The van der Waals surface area contributed by atoms with Gasteiger partial charge in [0.25, 0.3) is 0 Å². The number of esters is 1. The van der Waals surface area contributed by atoms with Gasteiger partial charge in [0.15, 0.2) is 0 Å². The van der Waals surface area contributed by atoms with Crippen molar-refractivity contribution in [3.05, 3.63) is 53.5 Å². The van der Waals surface area contributed by atoms with Crippen molar-refractivity contribution in [2.45, 2.75) is 38.6 Å². The summed E-state index contributed by atoms with van der Waals surface area (Å²) in [6, 6.07) is 12.4. The van der Waals surface area contributed by atoms with Crippen LogP contribution >= 0.6 is 0 Å². The van der Waals surface area contributed by atoms with Crippen molar-refractivity contribution in [1.29, 1.82) is 0 Å². The molecule has 152 valence electrons. The molecule has 0 atom stereocenters. The number of furan rings is 1. The Bertz CT molecular complexity index is 943. The number of nitrogens with one attached hydrogen (secondary N) is 1. The zero-order chi connectivity index (χ0) is 19.8. The Labute approximate surface area is 170 Å². The van der Waals surface area contributed by atoms with E-state index in [9.17, 15) is 4.79 Å². The van der Waals surface area contributed by atoms with Crippen molar-refractivity contribution in [3.63, 3.8) is 0 Å². The van der Waals surface area contributed by atoms with Gasteiger partial charge in [-0.3, -0.25) is 14.7 Å². The van der Waals surface area contributed by atoms with Gasteiger partial charge < -0.3 is 19.4 Å². The van der Waals surface area contributed by atoms with Crippen LogP contribution < -0.4 is 5.32 Å². The van der Waals surface area contributed by atoms with E-state index in [4.69, 9.17) is 14.1 Å². The summed E-state index contributed by atoms with van der Waals surface area (Å²) in [6.07, 6.45) is 2.06. The second-order valence-electron chi connectivity index (χ2n) is 7.98. The average molecular weight is 394 g/mol. The molecule has 2 aromatic rings. The first kappa shape index (κ1) is 18.2. The topological polar surface area (TPSA) is 70.3 Å². The normalized spacial score (nSPS) is 20.0. The van der Waals surface area contributed by atoms with Crippen molar-refractivity contribution in [2.75, 3.05) is 31.5 Å². The number of aliphatic imine (C=N–C) groups is 1. The van der Waals surface area contributed by atoms with Gasteiger partial charge >= 0.3 is 5.97 Å². The number of carbonyl (C=O) groups is 1. The zero-order valence-corrected chi connectivity index (χ0v) is 16.7. The number of piperidine rings is 1. The molecule has 1 aromatic heterocycles. The molecular formula is C22H26N4O3. The van der Waals surface area contributed by atoms with Crippen LogP contribution in [0.2, 0.25) is 0 Å². The third-order valence-corrected chi connectivity index (χ3v) is 6.09. The maximum absolute atomic E-state index is 11.0. The second-order valence-corrected chi connectivity index (χ2v) is 7.98. The Hall–Kier alpha value is -2.80. The van der Waals surface area contributed by atoms with E-state index < -0.39 is 0 Å². The maximum Gasteiger partial charge on any atom is 0.303 e. The predicted molar refractivity (Wildman–Crippen MR) is 110 cm³/mol. The van der Waals surface area contributed by atoms with Crippen molar-refractivity contribution in [2.24, 2.45) is 4.99 Å². The molecule has 5 rings (SSSR count). The van der Waals surface area contributed by atoms with Crippen molar-refractivity contribution >= 4 is 17.5 Å². The lowest BCUT2D eigenvalue weighted by Crippen LogP contribution is -2.63. The summed E-state index contributed by atoms with van der Waals surface area (Å²) < 4.78 is 10.8. The number of fused-ring (bicyclic) bond motifs is 4. The Morgan fingerprint density at radius 1 is 1.17 bits per heavy atom. The Morgan fingerprint density at radius 3 is 2.79 bits per heavy atom. The molecule has 1 N–H and O–H groups in total. The molecule has 3 aliphatic rings. The molecule has 0 amide bonds. The van der Waals surface area contributed by atoms with Crippen LogP contribution in [-0.4, -0.2) is 53.4 Å². The standard InChI is InChI=1S/C22H26N4O3/c1-16(27)28-15-18-7-6-17(29-18)14-25-11-8-22(9-12-25)24-20-5-3-2-4-19(20)21-23-10-13-26(21)22/h2-7,24H,8-15H2,1H3. The van der Waals surface area contributed by atoms with Crippen LogP contribution in [0.15, 0.2) is 45.8 Å². The number of likely N-dealkylation sites (tertiary alicyclic amines) is 1. The first-order valence-corrected chi connectivity index (χ1v) is 10.3. The summed E-state index contributed by atoms with van der Waals surface area (Å²) in [5, 5.41) is 3.85. The molecule has 1 fully saturated rings. The third kappa shape index (κ3) is 3.40. The fraction of sp³-hybridized carbons (Fsp3) is 0.455. The van der Waals surface area contributed by atoms with Gasteiger partial charge in [0.1, 0.15) is 29.6 Å². The second kappa shape index (κ2) is 7.22. The summed E-state index contributed by atoms with van der Waals surface area (Å²) in [7, 11) is 0. The fourth-order valence-electron chi connectivity index (χ4n) is 4.65.